The molecule has 0 amide bonds. The van der Waals surface area contributed by atoms with Gasteiger partial charge in [-0.15, -0.1) is 0 Å². The standard InChI is InChI=1S/C30H26N8O4/c1-41-26-17-22(25(38(39)40)18-27(26)42-20-21-11-5-2-6-12-21)19-31-37-30-35-28(32-23-13-7-3-8-14-23)34-29(36-30)33-24-15-9-4-10-16-24/h2-19H,20H2,1H3,(H3,32,33,34,35,36,37)/b31-19-. The van der Waals surface area contributed by atoms with E-state index in [0.717, 1.165) is 16.9 Å². The van der Waals surface area contributed by atoms with Crippen LogP contribution in [0.25, 0.3) is 0 Å². The largest absolute Gasteiger partial charge is 0.493 e. The van der Waals surface area contributed by atoms with E-state index in [2.05, 4.69) is 36.1 Å². The summed E-state index contributed by atoms with van der Waals surface area (Å²) in [5.74, 6) is 1.20. The summed E-state index contributed by atoms with van der Waals surface area (Å²) in [6, 6.07) is 31.1. The fourth-order valence-corrected chi connectivity index (χ4v) is 3.83. The zero-order chi connectivity index (χ0) is 29.1. The maximum absolute atomic E-state index is 11.9. The number of para-hydroxylation sites is 2. The van der Waals surface area contributed by atoms with Gasteiger partial charge in [0.05, 0.1) is 29.9 Å². The van der Waals surface area contributed by atoms with Crippen molar-refractivity contribution < 1.29 is 14.4 Å². The van der Waals surface area contributed by atoms with Gasteiger partial charge in [0.25, 0.3) is 5.69 Å². The zero-order valence-corrected chi connectivity index (χ0v) is 22.5. The lowest BCUT2D eigenvalue weighted by atomic mass is 10.1. The van der Waals surface area contributed by atoms with E-state index < -0.39 is 4.92 Å². The summed E-state index contributed by atoms with van der Waals surface area (Å²) in [7, 11) is 1.46. The van der Waals surface area contributed by atoms with Gasteiger partial charge in [-0.3, -0.25) is 10.1 Å². The lowest BCUT2D eigenvalue weighted by Crippen LogP contribution is -2.07. The van der Waals surface area contributed by atoms with Crippen LogP contribution in [0.1, 0.15) is 11.1 Å². The van der Waals surface area contributed by atoms with E-state index in [4.69, 9.17) is 9.47 Å². The van der Waals surface area contributed by atoms with E-state index in [9.17, 15) is 10.1 Å². The van der Waals surface area contributed by atoms with Crippen LogP contribution in [0.3, 0.4) is 0 Å². The number of nitrogens with zero attached hydrogens (tertiary/aromatic N) is 5. The summed E-state index contributed by atoms with van der Waals surface area (Å²) < 4.78 is 11.3. The molecule has 0 aliphatic heterocycles. The quantitative estimate of drug-likeness (QED) is 0.0898. The van der Waals surface area contributed by atoms with E-state index in [1.54, 1.807) is 0 Å². The van der Waals surface area contributed by atoms with Crippen LogP contribution >= 0.6 is 0 Å². The number of nitro benzene ring substituents is 1. The first kappa shape index (κ1) is 27.5. The van der Waals surface area contributed by atoms with Crippen molar-refractivity contribution >= 4 is 41.1 Å². The van der Waals surface area contributed by atoms with Gasteiger partial charge >= 0.3 is 0 Å². The molecule has 1 aromatic heterocycles. The molecule has 12 heteroatoms. The van der Waals surface area contributed by atoms with Crippen molar-refractivity contribution in [1.29, 1.82) is 0 Å². The summed E-state index contributed by atoms with van der Waals surface area (Å²) in [5, 5.41) is 22.3. The molecule has 0 unspecified atom stereocenters. The van der Waals surface area contributed by atoms with Crippen molar-refractivity contribution in [1.82, 2.24) is 15.0 Å². The Hall–Kier alpha value is -6.04. The first-order chi connectivity index (χ1) is 20.6. The molecule has 4 aromatic carbocycles. The van der Waals surface area contributed by atoms with Gasteiger partial charge in [-0.2, -0.15) is 20.1 Å². The SMILES string of the molecule is COc1cc(/C=N\Nc2nc(Nc3ccccc3)nc(Nc3ccccc3)n2)c([N+](=O)[O-])cc1OCc1ccccc1. The van der Waals surface area contributed by atoms with Gasteiger partial charge < -0.3 is 20.1 Å². The molecule has 0 spiro atoms. The molecule has 12 nitrogen and oxygen atoms in total. The number of aromatic nitrogens is 3. The highest BCUT2D eigenvalue weighted by Crippen LogP contribution is 2.34. The maximum Gasteiger partial charge on any atom is 0.282 e. The van der Waals surface area contributed by atoms with E-state index in [1.807, 2.05) is 91.0 Å². The predicted octanol–water partition coefficient (Wildman–Crippen LogP) is 6.30. The number of hydrogen-bond acceptors (Lipinski definition) is 11. The molecule has 42 heavy (non-hydrogen) atoms. The molecule has 0 aliphatic carbocycles. The van der Waals surface area contributed by atoms with Crippen LogP contribution in [0.15, 0.2) is 108 Å². The van der Waals surface area contributed by atoms with Crippen molar-refractivity contribution in [3.63, 3.8) is 0 Å². The Morgan fingerprint density at radius 3 is 1.88 bits per heavy atom. The van der Waals surface area contributed by atoms with Crippen LogP contribution in [0.4, 0.5) is 34.9 Å². The van der Waals surface area contributed by atoms with Gasteiger partial charge in [0.15, 0.2) is 11.5 Å². The molecule has 0 radical (unpaired) electrons. The summed E-state index contributed by atoms with van der Waals surface area (Å²) >= 11 is 0. The van der Waals surface area contributed by atoms with E-state index in [1.165, 1.54) is 25.5 Å². The van der Waals surface area contributed by atoms with Crippen molar-refractivity contribution in [3.05, 3.63) is 124 Å². The van der Waals surface area contributed by atoms with Gasteiger partial charge in [0.1, 0.15) is 6.61 Å². The lowest BCUT2D eigenvalue weighted by Gasteiger charge is -2.12. The number of anilines is 5. The summed E-state index contributed by atoms with van der Waals surface area (Å²) in [5.41, 5.74) is 5.19. The third-order valence-electron chi connectivity index (χ3n) is 5.81. The molecule has 5 aromatic rings. The minimum atomic E-state index is -0.511. The fourth-order valence-electron chi connectivity index (χ4n) is 3.83. The number of hydrogen-bond donors (Lipinski definition) is 3. The molecule has 3 N–H and O–H groups in total. The number of nitrogens with one attached hydrogen (secondary N) is 3. The van der Waals surface area contributed by atoms with Gasteiger partial charge in [0, 0.05) is 11.4 Å². The molecule has 5 rings (SSSR count). The van der Waals surface area contributed by atoms with Crippen LogP contribution < -0.4 is 25.5 Å². The number of methoxy groups -OCH3 is 1. The van der Waals surface area contributed by atoms with Gasteiger partial charge in [-0.25, -0.2) is 5.43 Å². The van der Waals surface area contributed by atoms with Crippen molar-refractivity contribution in [3.8, 4) is 11.5 Å². The molecule has 0 saturated carbocycles. The zero-order valence-electron chi connectivity index (χ0n) is 22.5. The molecular weight excluding hydrogens is 536 g/mol. The molecule has 0 fully saturated rings. The second-order valence-electron chi connectivity index (χ2n) is 8.75. The van der Waals surface area contributed by atoms with Gasteiger partial charge in [-0.05, 0) is 35.9 Å². The number of hydrazone groups is 1. The molecule has 0 aliphatic rings. The van der Waals surface area contributed by atoms with Gasteiger partial charge in [0.2, 0.25) is 17.8 Å². The molecule has 0 atom stereocenters. The number of benzene rings is 4. The third-order valence-corrected chi connectivity index (χ3v) is 5.81. The first-order valence-electron chi connectivity index (χ1n) is 12.8. The third kappa shape index (κ3) is 7.33. The van der Waals surface area contributed by atoms with Crippen LogP contribution in [0.2, 0.25) is 0 Å². The topological polar surface area (TPSA) is 149 Å². The fraction of sp³-hybridized carbons (Fsp3) is 0.0667. The highest BCUT2D eigenvalue weighted by Gasteiger charge is 2.19. The Kier molecular flexibility index (Phi) is 8.75. The minimum Gasteiger partial charge on any atom is -0.493 e. The predicted molar refractivity (Wildman–Crippen MR) is 161 cm³/mol. The number of ether oxygens (including phenoxy) is 2. The second-order valence-corrected chi connectivity index (χ2v) is 8.75. The number of nitro groups is 1. The smallest absolute Gasteiger partial charge is 0.282 e. The summed E-state index contributed by atoms with van der Waals surface area (Å²) in [6.07, 6.45) is 1.29. The van der Waals surface area contributed by atoms with Crippen molar-refractivity contribution in [2.45, 2.75) is 6.61 Å². The first-order valence-corrected chi connectivity index (χ1v) is 12.8. The second kappa shape index (κ2) is 13.3. The van der Waals surface area contributed by atoms with E-state index in [-0.39, 0.29) is 41.5 Å². The monoisotopic (exact) mass is 562 g/mol. The van der Waals surface area contributed by atoms with Gasteiger partial charge in [-0.1, -0.05) is 66.7 Å². The van der Waals surface area contributed by atoms with Crippen molar-refractivity contribution in [2.24, 2.45) is 5.10 Å². The Morgan fingerprint density at radius 1 is 0.786 bits per heavy atom. The molecule has 210 valence electrons. The Labute approximate surface area is 241 Å². The average molecular weight is 563 g/mol. The summed E-state index contributed by atoms with van der Waals surface area (Å²) in [4.78, 5) is 24.6. The Bertz CT molecular complexity index is 1610. The normalized spacial score (nSPS) is 10.7. The Balaban J connectivity index is 1.38. The van der Waals surface area contributed by atoms with Crippen LogP contribution in [-0.2, 0) is 6.61 Å². The number of rotatable bonds is 12. The Morgan fingerprint density at radius 2 is 1.33 bits per heavy atom. The molecule has 0 saturated heterocycles. The highest BCUT2D eigenvalue weighted by atomic mass is 16.6. The molecular formula is C30H26N8O4. The van der Waals surface area contributed by atoms with Crippen molar-refractivity contribution in [2.75, 3.05) is 23.2 Å². The van der Waals surface area contributed by atoms with Crippen LogP contribution in [0.5, 0.6) is 11.5 Å². The van der Waals surface area contributed by atoms with E-state index in [0.29, 0.717) is 5.75 Å². The van der Waals surface area contributed by atoms with E-state index >= 15 is 0 Å². The molecule has 0 bridgehead atoms. The highest BCUT2D eigenvalue weighted by molar-refractivity contribution is 5.87. The van der Waals surface area contributed by atoms with Crippen LogP contribution in [-0.4, -0.2) is 33.2 Å². The lowest BCUT2D eigenvalue weighted by molar-refractivity contribution is -0.385. The average Bonchev–Trinajstić information content (AvgIpc) is 3.01. The summed E-state index contributed by atoms with van der Waals surface area (Å²) in [6.45, 7) is 0.224. The maximum atomic E-state index is 11.9. The van der Waals surface area contributed by atoms with Crippen LogP contribution in [0, 0.1) is 10.1 Å². The molecule has 1 heterocycles. The minimum absolute atomic E-state index is 0.107.